The molecule has 0 amide bonds. The van der Waals surface area contributed by atoms with E-state index in [2.05, 4.69) is 29.5 Å². The molecule has 0 aliphatic heterocycles. The molecule has 0 spiro atoms. The Kier molecular flexibility index (Phi) is 4.52. The maximum Gasteiger partial charge on any atom is 0.387 e. The van der Waals surface area contributed by atoms with Crippen molar-refractivity contribution in [3.05, 3.63) is 49.1 Å². The Labute approximate surface area is 140 Å². The summed E-state index contributed by atoms with van der Waals surface area (Å²) in [6.07, 6.45) is 3.97. The highest BCUT2D eigenvalue weighted by Gasteiger charge is 2.24. The summed E-state index contributed by atoms with van der Waals surface area (Å²) < 4.78 is 57.4. The molecule has 0 aliphatic carbocycles. The van der Waals surface area contributed by atoms with Crippen LogP contribution < -0.4 is 9.46 Å². The van der Waals surface area contributed by atoms with E-state index < -0.39 is 27.3 Å². The van der Waals surface area contributed by atoms with Crippen LogP contribution in [-0.4, -0.2) is 39.8 Å². The second-order valence-electron chi connectivity index (χ2n) is 4.47. The van der Waals surface area contributed by atoms with E-state index in [0.29, 0.717) is 0 Å². The van der Waals surface area contributed by atoms with Gasteiger partial charge in [0.2, 0.25) is 5.95 Å². The number of para-hydroxylation sites is 1. The number of anilines is 1. The van der Waals surface area contributed by atoms with Crippen molar-refractivity contribution in [1.82, 2.24) is 24.7 Å². The van der Waals surface area contributed by atoms with Crippen molar-refractivity contribution in [2.24, 2.45) is 0 Å². The zero-order chi connectivity index (χ0) is 17.9. The van der Waals surface area contributed by atoms with Crippen molar-refractivity contribution in [3.8, 4) is 11.7 Å². The normalized spacial score (nSPS) is 11.5. The average molecular weight is 368 g/mol. The fourth-order valence-corrected chi connectivity index (χ4v) is 3.03. The summed E-state index contributed by atoms with van der Waals surface area (Å²) in [7, 11) is -4.28. The predicted molar refractivity (Wildman–Crippen MR) is 80.8 cm³/mol. The molecule has 2 aromatic heterocycles. The minimum Gasteiger partial charge on any atom is -0.433 e. The molecule has 0 unspecified atom stereocenters. The second-order valence-corrected chi connectivity index (χ2v) is 6.13. The number of nitrogens with one attached hydrogen (secondary N) is 1. The fourth-order valence-electron chi connectivity index (χ4n) is 1.90. The highest BCUT2D eigenvalue weighted by Crippen LogP contribution is 2.26. The molecular weight excluding hydrogens is 358 g/mol. The van der Waals surface area contributed by atoms with Gasteiger partial charge in [0.15, 0.2) is 0 Å². The summed E-state index contributed by atoms with van der Waals surface area (Å²) in [6, 6.07) is 6.56. The number of sulfonamides is 1. The standard InChI is InChI=1S/C13H10F2N6O3S/c14-11(15)24-9-4-1-2-5-10(9)25(22,23)20-13-18-8-19-21(13)12-16-6-3-7-17-12/h1-8,11H,(H,18,19,20). The van der Waals surface area contributed by atoms with E-state index in [9.17, 15) is 17.2 Å². The summed E-state index contributed by atoms with van der Waals surface area (Å²) in [5.41, 5.74) is 0. The van der Waals surface area contributed by atoms with Crippen LogP contribution in [0, 0.1) is 0 Å². The minimum absolute atomic E-state index is 0.0785. The molecule has 3 aromatic rings. The third kappa shape index (κ3) is 3.68. The van der Waals surface area contributed by atoms with Crippen LogP contribution in [0.5, 0.6) is 5.75 Å². The third-order valence-electron chi connectivity index (χ3n) is 2.87. The van der Waals surface area contributed by atoms with Crippen molar-refractivity contribution >= 4 is 16.0 Å². The Morgan fingerprint density at radius 1 is 1.08 bits per heavy atom. The number of rotatable bonds is 6. The van der Waals surface area contributed by atoms with Gasteiger partial charge in [-0.2, -0.15) is 23.5 Å². The molecule has 25 heavy (non-hydrogen) atoms. The molecule has 0 aliphatic rings. The Morgan fingerprint density at radius 2 is 1.80 bits per heavy atom. The first-order valence-corrected chi connectivity index (χ1v) is 8.20. The van der Waals surface area contributed by atoms with Gasteiger partial charge in [-0.05, 0) is 18.2 Å². The first-order chi connectivity index (χ1) is 12.0. The van der Waals surface area contributed by atoms with Gasteiger partial charge in [-0.15, -0.1) is 0 Å². The summed E-state index contributed by atoms with van der Waals surface area (Å²) >= 11 is 0. The molecule has 1 N–H and O–H groups in total. The molecule has 130 valence electrons. The fraction of sp³-hybridized carbons (Fsp3) is 0.0769. The van der Waals surface area contributed by atoms with Crippen molar-refractivity contribution in [3.63, 3.8) is 0 Å². The van der Waals surface area contributed by atoms with Gasteiger partial charge in [0.1, 0.15) is 17.0 Å². The summed E-state index contributed by atoms with van der Waals surface area (Å²) in [4.78, 5) is 11.2. The molecule has 12 heteroatoms. The van der Waals surface area contributed by atoms with E-state index in [4.69, 9.17) is 0 Å². The van der Waals surface area contributed by atoms with Crippen LogP contribution >= 0.6 is 0 Å². The van der Waals surface area contributed by atoms with Crippen LogP contribution in [0.4, 0.5) is 14.7 Å². The molecular formula is C13H10F2N6O3S. The van der Waals surface area contributed by atoms with Gasteiger partial charge in [0, 0.05) is 12.4 Å². The lowest BCUT2D eigenvalue weighted by Crippen LogP contribution is -2.19. The van der Waals surface area contributed by atoms with Gasteiger partial charge in [0.25, 0.3) is 16.0 Å². The van der Waals surface area contributed by atoms with Crippen LogP contribution in [0.25, 0.3) is 5.95 Å². The van der Waals surface area contributed by atoms with Crippen molar-refractivity contribution < 1.29 is 21.9 Å². The molecule has 0 saturated heterocycles. The van der Waals surface area contributed by atoms with Crippen molar-refractivity contribution in [1.29, 1.82) is 0 Å². The molecule has 2 heterocycles. The molecule has 0 saturated carbocycles. The number of nitrogens with zero attached hydrogens (tertiary/aromatic N) is 5. The maximum atomic E-state index is 12.5. The highest BCUT2D eigenvalue weighted by atomic mass is 32.2. The lowest BCUT2D eigenvalue weighted by Gasteiger charge is -2.12. The largest absolute Gasteiger partial charge is 0.433 e. The monoisotopic (exact) mass is 368 g/mol. The summed E-state index contributed by atoms with van der Waals surface area (Å²) in [6.45, 7) is -3.17. The van der Waals surface area contributed by atoms with Gasteiger partial charge in [-0.1, -0.05) is 12.1 Å². The Hall–Kier alpha value is -3.15. The summed E-state index contributed by atoms with van der Waals surface area (Å²) in [5, 5.41) is 3.84. The predicted octanol–water partition coefficient (Wildman–Crippen LogP) is 1.46. The number of hydrogen-bond acceptors (Lipinski definition) is 7. The highest BCUT2D eigenvalue weighted by molar-refractivity contribution is 7.92. The molecule has 9 nitrogen and oxygen atoms in total. The molecule has 0 radical (unpaired) electrons. The quantitative estimate of drug-likeness (QED) is 0.701. The molecule has 3 rings (SSSR count). The van der Waals surface area contributed by atoms with Crippen molar-refractivity contribution in [2.75, 3.05) is 4.72 Å². The summed E-state index contributed by atoms with van der Waals surface area (Å²) in [5.74, 6) is -0.625. The average Bonchev–Trinajstić information content (AvgIpc) is 3.03. The zero-order valence-corrected chi connectivity index (χ0v) is 13.1. The number of alkyl halides is 2. The van der Waals surface area contributed by atoms with Crippen LogP contribution in [-0.2, 0) is 10.0 Å². The van der Waals surface area contributed by atoms with E-state index in [0.717, 1.165) is 23.1 Å². The Morgan fingerprint density at radius 3 is 2.52 bits per heavy atom. The maximum absolute atomic E-state index is 12.5. The third-order valence-corrected chi connectivity index (χ3v) is 4.24. The lowest BCUT2D eigenvalue weighted by molar-refractivity contribution is -0.0517. The molecule has 0 atom stereocenters. The van der Waals surface area contributed by atoms with E-state index >= 15 is 0 Å². The van der Waals surface area contributed by atoms with Crippen LogP contribution in [0.15, 0.2) is 53.9 Å². The number of halogens is 2. The number of ether oxygens (including phenoxy) is 1. The number of hydrogen-bond donors (Lipinski definition) is 1. The van der Waals surface area contributed by atoms with Gasteiger partial charge in [0.05, 0.1) is 0 Å². The molecule has 0 fully saturated rings. The zero-order valence-electron chi connectivity index (χ0n) is 12.3. The van der Waals surface area contributed by atoms with Gasteiger partial charge in [-0.3, -0.25) is 0 Å². The van der Waals surface area contributed by atoms with Crippen LogP contribution in [0.3, 0.4) is 0 Å². The topological polar surface area (TPSA) is 112 Å². The van der Waals surface area contributed by atoms with Gasteiger partial charge >= 0.3 is 6.61 Å². The minimum atomic E-state index is -4.28. The SMILES string of the molecule is O=S(=O)(Nc1ncnn1-c1ncccn1)c1ccccc1OC(F)F. The second kappa shape index (κ2) is 6.76. The van der Waals surface area contributed by atoms with E-state index in [1.807, 2.05) is 0 Å². The van der Waals surface area contributed by atoms with E-state index in [1.165, 1.54) is 24.5 Å². The van der Waals surface area contributed by atoms with Crippen LogP contribution in [0.1, 0.15) is 0 Å². The smallest absolute Gasteiger partial charge is 0.387 e. The Bertz CT molecular complexity index is 965. The molecule has 1 aromatic carbocycles. The van der Waals surface area contributed by atoms with E-state index in [-0.39, 0.29) is 11.9 Å². The van der Waals surface area contributed by atoms with Crippen molar-refractivity contribution in [2.45, 2.75) is 11.5 Å². The Balaban J connectivity index is 1.96. The first-order valence-electron chi connectivity index (χ1n) is 6.71. The lowest BCUT2D eigenvalue weighted by atomic mass is 10.3. The van der Waals surface area contributed by atoms with Gasteiger partial charge < -0.3 is 4.74 Å². The molecule has 0 bridgehead atoms. The first kappa shape index (κ1) is 16.7. The number of benzene rings is 1. The number of aromatic nitrogens is 5. The van der Waals surface area contributed by atoms with Gasteiger partial charge in [-0.25, -0.2) is 23.1 Å². The van der Waals surface area contributed by atoms with Crippen LogP contribution in [0.2, 0.25) is 0 Å². The van der Waals surface area contributed by atoms with E-state index in [1.54, 1.807) is 6.07 Å².